The predicted octanol–water partition coefficient (Wildman–Crippen LogP) is 1.33. The molecule has 1 aromatic carbocycles. The van der Waals surface area contributed by atoms with Crippen LogP contribution < -0.4 is 20.1 Å². The van der Waals surface area contributed by atoms with E-state index in [0.717, 1.165) is 5.56 Å². The molecule has 126 valence electrons. The second kappa shape index (κ2) is 7.21. The van der Waals surface area contributed by atoms with Crippen molar-refractivity contribution < 1.29 is 19.1 Å². The molecule has 1 aliphatic rings. The number of hydrogen-bond acceptors (Lipinski definition) is 4. The van der Waals surface area contributed by atoms with E-state index >= 15 is 0 Å². The van der Waals surface area contributed by atoms with Crippen molar-refractivity contribution >= 4 is 11.9 Å². The van der Waals surface area contributed by atoms with Crippen molar-refractivity contribution in [2.24, 2.45) is 5.92 Å². The molecule has 2 N–H and O–H groups in total. The van der Waals surface area contributed by atoms with E-state index in [2.05, 4.69) is 10.6 Å². The van der Waals surface area contributed by atoms with Crippen molar-refractivity contribution in [2.75, 3.05) is 20.9 Å². The Morgan fingerprint density at radius 1 is 1.22 bits per heavy atom. The minimum Gasteiger partial charge on any atom is -0.493 e. The summed E-state index contributed by atoms with van der Waals surface area (Å²) in [5, 5.41) is 5.38. The van der Waals surface area contributed by atoms with Gasteiger partial charge >= 0.3 is 6.03 Å². The highest BCUT2D eigenvalue weighted by molar-refractivity contribution is 5.89. The standard InChI is InChI=1S/C16H23N3O4/c1-10(2)14-15(20)19(9-17-16(21)18-14)8-11-5-6-12(22-3)13(7-11)23-4/h5-7,10,14H,8-9H2,1-4H3,(H2,17,18,21). The molecule has 0 bridgehead atoms. The van der Waals surface area contributed by atoms with Crippen molar-refractivity contribution in [1.29, 1.82) is 0 Å². The van der Waals surface area contributed by atoms with Crippen LogP contribution in [0.4, 0.5) is 4.79 Å². The van der Waals surface area contributed by atoms with Gasteiger partial charge in [-0.3, -0.25) is 4.79 Å². The van der Waals surface area contributed by atoms with Gasteiger partial charge in [0.15, 0.2) is 11.5 Å². The third-order valence-electron chi connectivity index (χ3n) is 3.78. The number of nitrogens with one attached hydrogen (secondary N) is 2. The van der Waals surface area contributed by atoms with Crippen LogP contribution in [0.1, 0.15) is 19.4 Å². The monoisotopic (exact) mass is 321 g/mol. The number of hydrogen-bond donors (Lipinski definition) is 2. The number of carbonyl (C=O) groups is 2. The Morgan fingerprint density at radius 2 is 1.91 bits per heavy atom. The molecule has 0 saturated carbocycles. The van der Waals surface area contributed by atoms with Gasteiger partial charge in [0, 0.05) is 6.54 Å². The van der Waals surface area contributed by atoms with Crippen LogP contribution in [0.25, 0.3) is 0 Å². The van der Waals surface area contributed by atoms with Crippen LogP contribution in [-0.2, 0) is 11.3 Å². The van der Waals surface area contributed by atoms with E-state index in [1.54, 1.807) is 25.2 Å². The molecule has 7 heteroatoms. The maximum absolute atomic E-state index is 12.6. The lowest BCUT2D eigenvalue weighted by Crippen LogP contribution is -2.47. The van der Waals surface area contributed by atoms with E-state index in [4.69, 9.17) is 9.47 Å². The highest BCUT2D eigenvalue weighted by Crippen LogP contribution is 2.28. The van der Waals surface area contributed by atoms with Crippen LogP contribution in [0.2, 0.25) is 0 Å². The molecule has 1 saturated heterocycles. The first-order valence-electron chi connectivity index (χ1n) is 7.50. The Kier molecular flexibility index (Phi) is 5.31. The Labute approximate surface area is 135 Å². The number of ether oxygens (including phenoxy) is 2. The Bertz CT molecular complexity index is 589. The Balaban J connectivity index is 2.20. The summed E-state index contributed by atoms with van der Waals surface area (Å²) in [5.41, 5.74) is 0.898. The van der Waals surface area contributed by atoms with Crippen LogP contribution in [0.5, 0.6) is 11.5 Å². The molecule has 3 amide bonds. The van der Waals surface area contributed by atoms with Gasteiger partial charge in [-0.15, -0.1) is 0 Å². The van der Waals surface area contributed by atoms with Crippen molar-refractivity contribution in [3.63, 3.8) is 0 Å². The second-order valence-corrected chi connectivity index (χ2v) is 5.76. The molecule has 2 rings (SSSR count). The summed E-state index contributed by atoms with van der Waals surface area (Å²) in [6.07, 6.45) is 0. The van der Waals surface area contributed by atoms with Gasteiger partial charge in [0.1, 0.15) is 6.04 Å². The molecule has 0 aromatic heterocycles. The zero-order valence-corrected chi connectivity index (χ0v) is 13.9. The molecule has 23 heavy (non-hydrogen) atoms. The van der Waals surface area contributed by atoms with Crippen LogP contribution in [0.15, 0.2) is 18.2 Å². The molecule has 1 aromatic rings. The lowest BCUT2D eigenvalue weighted by molar-refractivity contribution is -0.134. The van der Waals surface area contributed by atoms with Crippen molar-refractivity contribution in [3.05, 3.63) is 23.8 Å². The average Bonchev–Trinajstić information content (AvgIpc) is 2.68. The molecule has 0 aliphatic carbocycles. The topological polar surface area (TPSA) is 79.9 Å². The van der Waals surface area contributed by atoms with Crippen LogP contribution in [0, 0.1) is 5.92 Å². The molecule has 1 fully saturated rings. The highest BCUT2D eigenvalue weighted by atomic mass is 16.5. The minimum atomic E-state index is -0.530. The molecule has 1 unspecified atom stereocenters. The summed E-state index contributed by atoms with van der Waals surface area (Å²) in [5.74, 6) is 1.15. The molecule has 7 nitrogen and oxygen atoms in total. The molecule has 0 radical (unpaired) electrons. The third kappa shape index (κ3) is 3.85. The normalized spacial score (nSPS) is 18.3. The fourth-order valence-electron chi connectivity index (χ4n) is 2.48. The van der Waals surface area contributed by atoms with Crippen molar-refractivity contribution in [1.82, 2.24) is 15.5 Å². The van der Waals surface area contributed by atoms with E-state index in [-0.39, 0.29) is 24.5 Å². The maximum atomic E-state index is 12.6. The van der Waals surface area contributed by atoms with E-state index in [9.17, 15) is 9.59 Å². The van der Waals surface area contributed by atoms with Crippen molar-refractivity contribution in [3.8, 4) is 11.5 Å². The number of urea groups is 1. The smallest absolute Gasteiger partial charge is 0.316 e. The largest absolute Gasteiger partial charge is 0.493 e. The third-order valence-corrected chi connectivity index (χ3v) is 3.78. The molecule has 1 aliphatic heterocycles. The van der Waals surface area contributed by atoms with Crippen molar-refractivity contribution in [2.45, 2.75) is 26.4 Å². The number of rotatable bonds is 5. The van der Waals surface area contributed by atoms with E-state index in [1.165, 1.54) is 0 Å². The SMILES string of the molecule is COc1ccc(CN2CNC(=O)NC(C(C)C)C2=O)cc1OC. The van der Waals surface area contributed by atoms with Gasteiger partial charge in [0.25, 0.3) is 0 Å². The average molecular weight is 321 g/mol. The first-order valence-corrected chi connectivity index (χ1v) is 7.50. The summed E-state index contributed by atoms with van der Waals surface area (Å²) in [6.45, 7) is 4.36. The lowest BCUT2D eigenvalue weighted by atomic mass is 10.0. The lowest BCUT2D eigenvalue weighted by Gasteiger charge is -2.25. The van der Waals surface area contributed by atoms with E-state index in [1.807, 2.05) is 26.0 Å². The van der Waals surface area contributed by atoms with Gasteiger partial charge in [-0.05, 0) is 23.6 Å². The molecule has 0 spiro atoms. The zero-order valence-electron chi connectivity index (χ0n) is 13.9. The Hall–Kier alpha value is -2.44. The van der Waals surface area contributed by atoms with Crippen LogP contribution in [0.3, 0.4) is 0 Å². The molecule has 1 atom stereocenters. The molecular formula is C16H23N3O4. The predicted molar refractivity (Wildman–Crippen MR) is 85.3 cm³/mol. The summed E-state index contributed by atoms with van der Waals surface area (Å²) in [7, 11) is 3.14. The quantitative estimate of drug-likeness (QED) is 0.857. The van der Waals surface area contributed by atoms with Crippen LogP contribution in [-0.4, -0.2) is 43.8 Å². The van der Waals surface area contributed by atoms with Gasteiger partial charge in [0.2, 0.25) is 5.91 Å². The number of carbonyl (C=O) groups excluding carboxylic acids is 2. The summed E-state index contributed by atoms with van der Waals surface area (Å²) < 4.78 is 10.5. The maximum Gasteiger partial charge on any atom is 0.316 e. The second-order valence-electron chi connectivity index (χ2n) is 5.76. The number of benzene rings is 1. The summed E-state index contributed by atoms with van der Waals surface area (Å²) in [4.78, 5) is 25.9. The first-order chi connectivity index (χ1) is 11.0. The number of methoxy groups -OCH3 is 2. The van der Waals surface area contributed by atoms with Crippen LogP contribution >= 0.6 is 0 Å². The fourth-order valence-corrected chi connectivity index (χ4v) is 2.48. The fraction of sp³-hybridized carbons (Fsp3) is 0.500. The molecule has 1 heterocycles. The summed E-state index contributed by atoms with van der Waals surface area (Å²) in [6, 6.07) is 4.65. The Morgan fingerprint density at radius 3 is 2.52 bits per heavy atom. The summed E-state index contributed by atoms with van der Waals surface area (Å²) >= 11 is 0. The van der Waals surface area contributed by atoms with Gasteiger partial charge in [-0.25, -0.2) is 4.79 Å². The first kappa shape index (κ1) is 16.9. The number of nitrogens with zero attached hydrogens (tertiary/aromatic N) is 1. The van der Waals surface area contributed by atoms with Gasteiger partial charge in [-0.2, -0.15) is 0 Å². The van der Waals surface area contributed by atoms with E-state index in [0.29, 0.717) is 18.0 Å². The van der Waals surface area contributed by atoms with Gasteiger partial charge in [-0.1, -0.05) is 19.9 Å². The van der Waals surface area contributed by atoms with Gasteiger partial charge < -0.3 is 25.0 Å². The van der Waals surface area contributed by atoms with Gasteiger partial charge in [0.05, 0.1) is 20.9 Å². The number of amides is 3. The minimum absolute atomic E-state index is 0.0132. The van der Waals surface area contributed by atoms with E-state index < -0.39 is 6.04 Å². The molecular weight excluding hydrogens is 298 g/mol. The zero-order chi connectivity index (χ0) is 17.0. The highest BCUT2D eigenvalue weighted by Gasteiger charge is 2.31.